The molecule has 0 radical (unpaired) electrons. The van der Waals surface area contributed by atoms with Gasteiger partial charge in [0.05, 0.1) is 6.04 Å². The minimum Gasteiger partial charge on any atom is -0.340 e. The molecule has 1 saturated carbocycles. The van der Waals surface area contributed by atoms with Crippen LogP contribution in [-0.4, -0.2) is 60.0 Å². The van der Waals surface area contributed by atoms with Crippen LogP contribution in [0.2, 0.25) is 0 Å². The summed E-state index contributed by atoms with van der Waals surface area (Å²) in [5.41, 5.74) is 0. The molecule has 3 saturated heterocycles. The van der Waals surface area contributed by atoms with E-state index in [1.54, 1.807) is 0 Å². The summed E-state index contributed by atoms with van der Waals surface area (Å²) in [6.45, 7) is 1.93. The highest BCUT2D eigenvalue weighted by Gasteiger charge is 2.42. The van der Waals surface area contributed by atoms with Gasteiger partial charge in [-0.25, -0.2) is 0 Å². The molecule has 3 heterocycles. The first-order valence-corrected chi connectivity index (χ1v) is 8.99. The first-order valence-electron chi connectivity index (χ1n) is 8.99. The quantitative estimate of drug-likeness (QED) is 0.797. The van der Waals surface area contributed by atoms with Crippen LogP contribution in [0.4, 0.5) is 0 Å². The maximum absolute atomic E-state index is 12.9. The Morgan fingerprint density at radius 3 is 2.71 bits per heavy atom. The summed E-state index contributed by atoms with van der Waals surface area (Å²) < 4.78 is 0. The molecule has 118 valence electrons. The number of carbonyl (C=O) groups excluding carboxylic acids is 1. The van der Waals surface area contributed by atoms with Gasteiger partial charge in [-0.3, -0.25) is 9.69 Å². The monoisotopic (exact) mass is 291 g/mol. The number of amides is 1. The zero-order valence-electron chi connectivity index (χ0n) is 13.3. The van der Waals surface area contributed by atoms with E-state index in [9.17, 15) is 4.79 Å². The zero-order valence-corrected chi connectivity index (χ0v) is 13.3. The molecular weight excluding hydrogens is 262 g/mol. The predicted molar refractivity (Wildman–Crippen MR) is 83.1 cm³/mol. The SMILES string of the molecule is CN1C2CCC1CN(C(=O)C1CC3CCCCC3N1)CC2. The highest BCUT2D eigenvalue weighted by Crippen LogP contribution is 2.34. The van der Waals surface area contributed by atoms with E-state index in [1.807, 2.05) is 0 Å². The molecule has 1 N–H and O–H groups in total. The Bertz CT molecular complexity index is 399. The zero-order chi connectivity index (χ0) is 14.4. The Labute approximate surface area is 128 Å². The maximum atomic E-state index is 12.9. The summed E-state index contributed by atoms with van der Waals surface area (Å²) in [5.74, 6) is 1.16. The van der Waals surface area contributed by atoms with Gasteiger partial charge in [-0.05, 0) is 51.5 Å². The first-order chi connectivity index (χ1) is 10.2. The number of nitrogens with zero attached hydrogens (tertiary/aromatic N) is 2. The Morgan fingerprint density at radius 1 is 1.05 bits per heavy atom. The molecule has 5 atom stereocenters. The molecule has 0 aromatic carbocycles. The average Bonchev–Trinajstić information content (AvgIpc) is 3.00. The van der Waals surface area contributed by atoms with Crippen LogP contribution >= 0.6 is 0 Å². The van der Waals surface area contributed by atoms with E-state index < -0.39 is 0 Å². The van der Waals surface area contributed by atoms with Crippen molar-refractivity contribution in [2.24, 2.45) is 5.92 Å². The Kier molecular flexibility index (Phi) is 3.70. The average molecular weight is 291 g/mol. The van der Waals surface area contributed by atoms with E-state index in [4.69, 9.17) is 0 Å². The van der Waals surface area contributed by atoms with Crippen LogP contribution in [0.25, 0.3) is 0 Å². The smallest absolute Gasteiger partial charge is 0.239 e. The number of carbonyl (C=O) groups is 1. The Hall–Kier alpha value is -0.610. The minimum absolute atomic E-state index is 0.111. The molecule has 1 aliphatic carbocycles. The van der Waals surface area contributed by atoms with Crippen molar-refractivity contribution in [1.29, 1.82) is 0 Å². The summed E-state index contributed by atoms with van der Waals surface area (Å²) >= 11 is 0. The molecule has 3 aliphatic heterocycles. The topological polar surface area (TPSA) is 35.6 Å². The van der Waals surface area contributed by atoms with E-state index in [0.717, 1.165) is 31.8 Å². The van der Waals surface area contributed by atoms with E-state index in [1.165, 1.54) is 38.5 Å². The lowest BCUT2D eigenvalue weighted by Crippen LogP contribution is -2.48. The highest BCUT2D eigenvalue weighted by atomic mass is 16.2. The summed E-state index contributed by atoms with van der Waals surface area (Å²) in [7, 11) is 2.25. The fourth-order valence-corrected chi connectivity index (χ4v) is 5.24. The van der Waals surface area contributed by atoms with Crippen molar-refractivity contribution >= 4 is 5.91 Å². The molecule has 4 heteroatoms. The largest absolute Gasteiger partial charge is 0.340 e. The van der Waals surface area contributed by atoms with Gasteiger partial charge in [0.2, 0.25) is 5.91 Å². The fraction of sp³-hybridized carbons (Fsp3) is 0.941. The van der Waals surface area contributed by atoms with Gasteiger partial charge < -0.3 is 10.2 Å². The van der Waals surface area contributed by atoms with Crippen molar-refractivity contribution in [2.75, 3.05) is 20.1 Å². The molecule has 0 spiro atoms. The van der Waals surface area contributed by atoms with Crippen LogP contribution < -0.4 is 5.32 Å². The van der Waals surface area contributed by atoms with Crippen LogP contribution in [0.1, 0.15) is 51.4 Å². The van der Waals surface area contributed by atoms with E-state index in [0.29, 0.717) is 24.0 Å². The summed E-state index contributed by atoms with van der Waals surface area (Å²) in [5, 5.41) is 3.66. The molecule has 4 rings (SSSR count). The molecule has 0 aromatic heterocycles. The molecule has 4 fully saturated rings. The third-order valence-electron chi connectivity index (χ3n) is 6.62. The number of nitrogens with one attached hydrogen (secondary N) is 1. The Balaban J connectivity index is 1.41. The lowest BCUT2D eigenvalue weighted by molar-refractivity contribution is -0.133. The van der Waals surface area contributed by atoms with Crippen LogP contribution in [0.3, 0.4) is 0 Å². The summed E-state index contributed by atoms with van der Waals surface area (Å²) in [6, 6.07) is 2.05. The third kappa shape index (κ3) is 2.50. The van der Waals surface area contributed by atoms with Gasteiger partial charge in [-0.2, -0.15) is 0 Å². The lowest BCUT2D eigenvalue weighted by atomic mass is 9.85. The standard InChI is InChI=1S/C17H29N3O/c1-19-13-6-7-14(19)11-20(9-8-13)17(21)16-10-12-4-2-3-5-15(12)18-16/h12-16,18H,2-11H2,1H3. The van der Waals surface area contributed by atoms with Crippen molar-refractivity contribution in [3.63, 3.8) is 0 Å². The Morgan fingerprint density at radius 2 is 1.86 bits per heavy atom. The molecule has 21 heavy (non-hydrogen) atoms. The van der Waals surface area contributed by atoms with E-state index in [2.05, 4.69) is 22.2 Å². The molecule has 4 aliphatic rings. The van der Waals surface area contributed by atoms with Crippen LogP contribution in [0, 0.1) is 5.92 Å². The summed E-state index contributed by atoms with van der Waals surface area (Å²) in [4.78, 5) is 17.6. The number of hydrogen-bond donors (Lipinski definition) is 1. The number of rotatable bonds is 1. The second-order valence-electron chi connectivity index (χ2n) is 7.73. The molecular formula is C17H29N3O. The van der Waals surface area contributed by atoms with E-state index >= 15 is 0 Å². The minimum atomic E-state index is 0.111. The second kappa shape index (κ2) is 5.54. The second-order valence-corrected chi connectivity index (χ2v) is 7.73. The van der Waals surface area contributed by atoms with E-state index in [-0.39, 0.29) is 6.04 Å². The van der Waals surface area contributed by atoms with Gasteiger partial charge in [0, 0.05) is 31.2 Å². The van der Waals surface area contributed by atoms with Crippen molar-refractivity contribution in [3.05, 3.63) is 0 Å². The normalized spacial score (nSPS) is 43.7. The third-order valence-corrected chi connectivity index (χ3v) is 6.62. The molecule has 5 unspecified atom stereocenters. The molecule has 1 amide bonds. The van der Waals surface area contributed by atoms with Crippen LogP contribution in [0.15, 0.2) is 0 Å². The van der Waals surface area contributed by atoms with Crippen molar-refractivity contribution in [3.8, 4) is 0 Å². The van der Waals surface area contributed by atoms with Gasteiger partial charge in [-0.15, -0.1) is 0 Å². The highest BCUT2D eigenvalue weighted by molar-refractivity contribution is 5.82. The van der Waals surface area contributed by atoms with Gasteiger partial charge >= 0.3 is 0 Å². The van der Waals surface area contributed by atoms with Crippen LogP contribution in [0.5, 0.6) is 0 Å². The van der Waals surface area contributed by atoms with Crippen molar-refractivity contribution < 1.29 is 4.79 Å². The van der Waals surface area contributed by atoms with Gasteiger partial charge in [0.1, 0.15) is 0 Å². The molecule has 0 aromatic rings. The maximum Gasteiger partial charge on any atom is 0.239 e. The lowest BCUT2D eigenvalue weighted by Gasteiger charge is -2.28. The van der Waals surface area contributed by atoms with Crippen molar-refractivity contribution in [1.82, 2.24) is 15.1 Å². The van der Waals surface area contributed by atoms with Crippen molar-refractivity contribution in [2.45, 2.75) is 75.5 Å². The van der Waals surface area contributed by atoms with Gasteiger partial charge in [0.25, 0.3) is 0 Å². The van der Waals surface area contributed by atoms with Gasteiger partial charge in [-0.1, -0.05) is 12.8 Å². The molecule has 4 nitrogen and oxygen atoms in total. The summed E-state index contributed by atoms with van der Waals surface area (Å²) in [6.07, 6.45) is 10.2. The van der Waals surface area contributed by atoms with Gasteiger partial charge in [0.15, 0.2) is 0 Å². The fourth-order valence-electron chi connectivity index (χ4n) is 5.24. The number of likely N-dealkylation sites (N-methyl/N-ethyl adjacent to an activating group) is 1. The number of likely N-dealkylation sites (tertiary alicyclic amines) is 1. The predicted octanol–water partition coefficient (Wildman–Crippen LogP) is 1.60. The number of fused-ring (bicyclic) bond motifs is 3. The van der Waals surface area contributed by atoms with Crippen LogP contribution in [-0.2, 0) is 4.79 Å². The molecule has 2 bridgehead atoms. The first kappa shape index (κ1) is 14.0. The number of hydrogen-bond acceptors (Lipinski definition) is 3.